The molecule has 0 bridgehead atoms. The third-order valence-corrected chi connectivity index (χ3v) is 3.39. The molecule has 1 heterocycles. The molecule has 1 saturated heterocycles. The van der Waals surface area contributed by atoms with Crippen LogP contribution in [-0.2, 0) is 0 Å². The molecule has 0 aliphatic carbocycles. The van der Waals surface area contributed by atoms with Gasteiger partial charge in [-0.25, -0.2) is 22.0 Å². The molecule has 2 atom stereocenters. The van der Waals surface area contributed by atoms with Crippen molar-refractivity contribution in [1.82, 2.24) is 0 Å². The standard InChI is InChI=1S/C12H13F5N2/c1-5-4-6(18)2-3-19(5)12-10(16)8(14)7(13)9(15)11(12)17/h5-6H,2-4,18H2,1H3. The van der Waals surface area contributed by atoms with Gasteiger partial charge < -0.3 is 10.6 Å². The maximum absolute atomic E-state index is 13.7. The fourth-order valence-corrected chi connectivity index (χ4v) is 2.39. The van der Waals surface area contributed by atoms with E-state index in [4.69, 9.17) is 5.73 Å². The quantitative estimate of drug-likeness (QED) is 0.487. The second kappa shape index (κ2) is 4.96. The first kappa shape index (κ1) is 14.0. The number of piperidine rings is 1. The van der Waals surface area contributed by atoms with Gasteiger partial charge in [-0.05, 0) is 19.8 Å². The Labute approximate surface area is 107 Å². The number of benzene rings is 1. The molecule has 19 heavy (non-hydrogen) atoms. The Balaban J connectivity index is 2.51. The van der Waals surface area contributed by atoms with Gasteiger partial charge in [0, 0.05) is 18.6 Å². The van der Waals surface area contributed by atoms with Crippen molar-refractivity contribution in [2.24, 2.45) is 5.73 Å². The summed E-state index contributed by atoms with van der Waals surface area (Å²) in [7, 11) is 0. The Kier molecular flexibility index (Phi) is 3.66. The van der Waals surface area contributed by atoms with Gasteiger partial charge >= 0.3 is 0 Å². The zero-order chi connectivity index (χ0) is 14.3. The fraction of sp³-hybridized carbons (Fsp3) is 0.500. The summed E-state index contributed by atoms with van der Waals surface area (Å²) in [6, 6.07) is -0.524. The van der Waals surface area contributed by atoms with Crippen LogP contribution in [0, 0.1) is 29.1 Å². The normalized spacial score (nSPS) is 23.8. The Bertz CT molecular complexity index is 476. The highest BCUT2D eigenvalue weighted by Crippen LogP contribution is 2.33. The Hall–Kier alpha value is -1.37. The summed E-state index contributed by atoms with van der Waals surface area (Å²) in [6.45, 7) is 1.79. The molecule has 1 aromatic carbocycles. The molecule has 0 radical (unpaired) electrons. The minimum absolute atomic E-state index is 0.132. The molecule has 2 nitrogen and oxygen atoms in total. The van der Waals surface area contributed by atoms with Crippen molar-refractivity contribution in [1.29, 1.82) is 0 Å². The van der Waals surface area contributed by atoms with Crippen molar-refractivity contribution in [2.75, 3.05) is 11.4 Å². The molecule has 2 unspecified atom stereocenters. The molecule has 0 amide bonds. The van der Waals surface area contributed by atoms with Crippen LogP contribution in [0.15, 0.2) is 0 Å². The average molecular weight is 280 g/mol. The Morgan fingerprint density at radius 1 is 0.947 bits per heavy atom. The van der Waals surface area contributed by atoms with Gasteiger partial charge in [0.15, 0.2) is 23.3 Å². The third kappa shape index (κ3) is 2.27. The van der Waals surface area contributed by atoms with Crippen LogP contribution in [0.3, 0.4) is 0 Å². The lowest BCUT2D eigenvalue weighted by molar-refractivity contribution is 0.365. The summed E-state index contributed by atoms with van der Waals surface area (Å²) in [5.41, 5.74) is 4.84. The molecule has 0 saturated carbocycles. The van der Waals surface area contributed by atoms with Gasteiger partial charge in [-0.15, -0.1) is 0 Å². The summed E-state index contributed by atoms with van der Waals surface area (Å²) < 4.78 is 66.6. The van der Waals surface area contributed by atoms with Crippen LogP contribution in [0.25, 0.3) is 0 Å². The van der Waals surface area contributed by atoms with Gasteiger partial charge in [-0.2, -0.15) is 0 Å². The van der Waals surface area contributed by atoms with Crippen LogP contribution in [0.1, 0.15) is 19.8 Å². The predicted octanol–water partition coefficient (Wildman–Crippen LogP) is 2.70. The first-order chi connectivity index (χ1) is 8.84. The molecule has 0 spiro atoms. The van der Waals surface area contributed by atoms with Crippen LogP contribution in [-0.4, -0.2) is 18.6 Å². The Morgan fingerprint density at radius 3 is 1.89 bits per heavy atom. The highest BCUT2D eigenvalue weighted by atomic mass is 19.2. The summed E-state index contributed by atoms with van der Waals surface area (Å²) in [6.07, 6.45) is 0.864. The molecule has 1 aliphatic heterocycles. The highest BCUT2D eigenvalue weighted by molar-refractivity contribution is 5.51. The van der Waals surface area contributed by atoms with Crippen molar-refractivity contribution in [3.63, 3.8) is 0 Å². The van der Waals surface area contributed by atoms with Gasteiger partial charge in [0.2, 0.25) is 5.82 Å². The molecule has 1 aliphatic rings. The van der Waals surface area contributed by atoms with Crippen LogP contribution in [0.4, 0.5) is 27.6 Å². The van der Waals surface area contributed by atoms with E-state index in [1.807, 2.05) is 0 Å². The molecule has 2 rings (SSSR count). The van der Waals surface area contributed by atoms with Gasteiger partial charge in [-0.1, -0.05) is 0 Å². The lowest BCUT2D eigenvalue weighted by Crippen LogP contribution is -2.46. The van der Waals surface area contributed by atoms with Crippen LogP contribution in [0.5, 0.6) is 0 Å². The third-order valence-electron chi connectivity index (χ3n) is 3.39. The van der Waals surface area contributed by atoms with E-state index < -0.39 is 40.8 Å². The summed E-state index contributed by atoms with van der Waals surface area (Å²) in [4.78, 5) is 1.18. The van der Waals surface area contributed by atoms with E-state index in [1.165, 1.54) is 4.90 Å². The number of anilines is 1. The minimum Gasteiger partial charge on any atom is -0.364 e. The first-order valence-corrected chi connectivity index (χ1v) is 5.88. The summed E-state index contributed by atoms with van der Waals surface area (Å²) in [5.74, 6) is -9.57. The predicted molar refractivity (Wildman–Crippen MR) is 60.2 cm³/mol. The maximum Gasteiger partial charge on any atom is 0.200 e. The number of hydrogen-bond donors (Lipinski definition) is 1. The van der Waals surface area contributed by atoms with E-state index in [1.54, 1.807) is 6.92 Å². The first-order valence-electron chi connectivity index (χ1n) is 5.88. The largest absolute Gasteiger partial charge is 0.364 e. The van der Waals surface area contributed by atoms with Gasteiger partial charge in [0.05, 0.1) is 0 Å². The molecule has 7 heteroatoms. The van der Waals surface area contributed by atoms with E-state index in [0.717, 1.165) is 0 Å². The second-order valence-corrected chi connectivity index (χ2v) is 4.75. The van der Waals surface area contributed by atoms with E-state index in [9.17, 15) is 22.0 Å². The number of halogens is 5. The van der Waals surface area contributed by atoms with Crippen molar-refractivity contribution in [2.45, 2.75) is 31.8 Å². The van der Waals surface area contributed by atoms with Crippen molar-refractivity contribution in [3.05, 3.63) is 29.1 Å². The summed E-state index contributed by atoms with van der Waals surface area (Å²) >= 11 is 0. The van der Waals surface area contributed by atoms with Gasteiger partial charge in [0.25, 0.3) is 0 Å². The number of nitrogens with two attached hydrogens (primary N) is 1. The number of rotatable bonds is 1. The lowest BCUT2D eigenvalue weighted by Gasteiger charge is -2.38. The van der Waals surface area contributed by atoms with Gasteiger partial charge in [0.1, 0.15) is 5.69 Å². The van der Waals surface area contributed by atoms with Crippen LogP contribution < -0.4 is 10.6 Å². The van der Waals surface area contributed by atoms with Crippen molar-refractivity contribution < 1.29 is 22.0 Å². The monoisotopic (exact) mass is 280 g/mol. The zero-order valence-electron chi connectivity index (χ0n) is 10.2. The van der Waals surface area contributed by atoms with Crippen LogP contribution >= 0.6 is 0 Å². The summed E-state index contributed by atoms with van der Waals surface area (Å²) in [5, 5.41) is 0. The fourth-order valence-electron chi connectivity index (χ4n) is 2.39. The lowest BCUT2D eigenvalue weighted by atomic mass is 9.98. The molecule has 1 aromatic rings. The van der Waals surface area contributed by atoms with Gasteiger partial charge in [-0.3, -0.25) is 0 Å². The number of nitrogens with zero attached hydrogens (tertiary/aromatic N) is 1. The molecule has 1 fully saturated rings. The van der Waals surface area contributed by atoms with E-state index in [-0.39, 0.29) is 12.6 Å². The Morgan fingerprint density at radius 2 is 1.42 bits per heavy atom. The molecular weight excluding hydrogens is 267 g/mol. The molecule has 106 valence electrons. The SMILES string of the molecule is CC1CC(N)CCN1c1c(F)c(F)c(F)c(F)c1F. The topological polar surface area (TPSA) is 29.3 Å². The van der Waals surface area contributed by atoms with E-state index >= 15 is 0 Å². The van der Waals surface area contributed by atoms with Crippen LogP contribution in [0.2, 0.25) is 0 Å². The molecular formula is C12H13F5N2. The van der Waals surface area contributed by atoms with Crippen molar-refractivity contribution in [3.8, 4) is 0 Å². The maximum atomic E-state index is 13.7. The number of hydrogen-bond acceptors (Lipinski definition) is 2. The highest BCUT2D eigenvalue weighted by Gasteiger charge is 2.33. The van der Waals surface area contributed by atoms with E-state index in [0.29, 0.717) is 12.8 Å². The minimum atomic E-state index is -2.14. The average Bonchev–Trinajstić information content (AvgIpc) is 2.37. The zero-order valence-corrected chi connectivity index (χ0v) is 10.2. The van der Waals surface area contributed by atoms with Crippen molar-refractivity contribution >= 4 is 5.69 Å². The molecule has 0 aromatic heterocycles. The smallest absolute Gasteiger partial charge is 0.200 e. The van der Waals surface area contributed by atoms with E-state index in [2.05, 4.69) is 0 Å². The molecule has 2 N–H and O–H groups in total. The second-order valence-electron chi connectivity index (χ2n) is 4.75.